The van der Waals surface area contributed by atoms with Crippen molar-refractivity contribution < 1.29 is 30.0 Å². The highest BCUT2D eigenvalue weighted by Gasteiger charge is 2.68. The molecule has 3 unspecified atom stereocenters. The minimum Gasteiger partial charge on any atom is -0.387 e. The van der Waals surface area contributed by atoms with Crippen molar-refractivity contribution in [1.29, 1.82) is 0 Å². The van der Waals surface area contributed by atoms with E-state index in [9.17, 15) is 25.2 Å². The van der Waals surface area contributed by atoms with E-state index < -0.39 is 41.6 Å². The Morgan fingerprint density at radius 3 is 2.64 bits per heavy atom. The van der Waals surface area contributed by atoms with Crippen molar-refractivity contribution in [3.05, 3.63) is 12.2 Å². The lowest BCUT2D eigenvalue weighted by Crippen LogP contribution is -2.71. The van der Waals surface area contributed by atoms with Crippen molar-refractivity contribution in [3.8, 4) is 11.8 Å². The standard InChI is InChI=1S/C24H32N6O6/c1-5-26-20(33)17-15(31)16(32)21(36-17)30-10-27-14-18(25)28-13(29-19(14)30)6-7-24(35)9-11-8-12(22(11,2)3)23(24,4)34/h10-12,15-17,21,31-32,34-35H,5,8-9H2,1-4H3,(H,26,33)(H2,25,28,29)/t11?,12?,15?,16-,17-,21+,23+,24+/m0/s1. The second-order valence-corrected chi connectivity index (χ2v) is 10.8. The van der Waals surface area contributed by atoms with Gasteiger partial charge in [0.2, 0.25) is 5.82 Å². The van der Waals surface area contributed by atoms with Crippen molar-refractivity contribution in [2.75, 3.05) is 12.3 Å². The van der Waals surface area contributed by atoms with E-state index in [0.29, 0.717) is 13.0 Å². The van der Waals surface area contributed by atoms with Crippen molar-refractivity contribution >= 4 is 22.9 Å². The van der Waals surface area contributed by atoms with Crippen LogP contribution in [0.2, 0.25) is 0 Å². The topological polar surface area (TPSA) is 189 Å². The predicted octanol–water partition coefficient (Wildman–Crippen LogP) is -0.937. The molecule has 3 aliphatic carbocycles. The van der Waals surface area contributed by atoms with Crippen LogP contribution in [0, 0.1) is 29.1 Å². The molecular formula is C24H32N6O6. The lowest BCUT2D eigenvalue weighted by Gasteiger charge is -2.66. The van der Waals surface area contributed by atoms with Gasteiger partial charge in [-0.05, 0) is 49.9 Å². The smallest absolute Gasteiger partial charge is 0.252 e. The van der Waals surface area contributed by atoms with Crippen LogP contribution in [0.1, 0.15) is 52.6 Å². The molecular weight excluding hydrogens is 468 g/mol. The number of aromatic nitrogens is 4. The Balaban J connectivity index is 1.48. The van der Waals surface area contributed by atoms with Crippen molar-refractivity contribution in [2.24, 2.45) is 17.3 Å². The third kappa shape index (κ3) is 3.42. The van der Waals surface area contributed by atoms with Gasteiger partial charge in [-0.3, -0.25) is 9.36 Å². The highest BCUT2D eigenvalue weighted by Crippen LogP contribution is 2.65. The molecule has 8 atom stereocenters. The number of carbonyl (C=O) groups is 1. The molecule has 2 aromatic rings. The second-order valence-electron chi connectivity index (χ2n) is 10.8. The van der Waals surface area contributed by atoms with Gasteiger partial charge in [0, 0.05) is 6.54 Å². The van der Waals surface area contributed by atoms with Crippen LogP contribution < -0.4 is 11.1 Å². The van der Waals surface area contributed by atoms with Gasteiger partial charge in [-0.15, -0.1) is 0 Å². The van der Waals surface area contributed by atoms with E-state index >= 15 is 0 Å². The summed E-state index contributed by atoms with van der Waals surface area (Å²) in [7, 11) is 0. The molecule has 1 aliphatic heterocycles. The molecule has 4 aliphatic rings. The van der Waals surface area contributed by atoms with Crippen LogP contribution in [0.4, 0.5) is 5.82 Å². The average molecular weight is 501 g/mol. The summed E-state index contributed by atoms with van der Waals surface area (Å²) in [5, 5.41) is 46.0. The fourth-order valence-corrected chi connectivity index (χ4v) is 6.07. The van der Waals surface area contributed by atoms with Gasteiger partial charge < -0.3 is 36.2 Å². The first-order chi connectivity index (χ1) is 16.8. The number of nitrogens with zero attached hydrogens (tertiary/aromatic N) is 4. The van der Waals surface area contributed by atoms with Crippen LogP contribution in [0.25, 0.3) is 11.2 Å². The summed E-state index contributed by atoms with van der Waals surface area (Å²) < 4.78 is 7.02. The zero-order chi connectivity index (χ0) is 26.2. The zero-order valence-electron chi connectivity index (χ0n) is 20.6. The summed E-state index contributed by atoms with van der Waals surface area (Å²) in [6.45, 7) is 7.88. The number of fused-ring (bicyclic) bond motifs is 3. The maximum Gasteiger partial charge on any atom is 0.252 e. The molecule has 194 valence electrons. The molecule has 4 fully saturated rings. The number of hydrogen-bond donors (Lipinski definition) is 6. The van der Waals surface area contributed by atoms with E-state index in [1.807, 2.05) is 0 Å². The molecule has 6 rings (SSSR count). The molecule has 0 aromatic carbocycles. The number of imidazole rings is 1. The van der Waals surface area contributed by atoms with Gasteiger partial charge >= 0.3 is 0 Å². The van der Waals surface area contributed by atoms with Crippen LogP contribution in [-0.2, 0) is 9.53 Å². The summed E-state index contributed by atoms with van der Waals surface area (Å²) in [6, 6.07) is 0. The molecule has 0 radical (unpaired) electrons. The van der Waals surface area contributed by atoms with E-state index in [1.165, 1.54) is 10.9 Å². The summed E-state index contributed by atoms with van der Waals surface area (Å²) in [4.78, 5) is 25.0. The average Bonchev–Trinajstić information content (AvgIpc) is 3.35. The first kappa shape index (κ1) is 24.9. The van der Waals surface area contributed by atoms with E-state index in [4.69, 9.17) is 10.5 Å². The molecule has 12 heteroatoms. The number of amides is 1. The molecule has 1 saturated heterocycles. The Hall–Kier alpha value is -2.82. The normalized spacial score (nSPS) is 38.8. The molecule has 36 heavy (non-hydrogen) atoms. The minimum absolute atomic E-state index is 0.0159. The Morgan fingerprint density at radius 1 is 1.28 bits per heavy atom. The van der Waals surface area contributed by atoms with Crippen LogP contribution in [0.5, 0.6) is 0 Å². The number of aliphatic hydroxyl groups excluding tert-OH is 2. The SMILES string of the molecule is CCNC(=O)[C@H]1O[C@@H](n2cnc3c(N)nc(C#C[C@@]4(O)CC5CC(C5(C)C)[C@@]4(C)O)nc32)[C@@H](O)C1O. The number of carbonyl (C=O) groups excluding carboxylic acids is 1. The van der Waals surface area contributed by atoms with Gasteiger partial charge in [-0.2, -0.15) is 0 Å². The Labute approximate surface area is 207 Å². The molecule has 2 bridgehead atoms. The fourth-order valence-electron chi connectivity index (χ4n) is 6.07. The van der Waals surface area contributed by atoms with Crippen molar-refractivity contribution in [3.63, 3.8) is 0 Å². The predicted molar refractivity (Wildman–Crippen MR) is 127 cm³/mol. The van der Waals surface area contributed by atoms with Crippen LogP contribution in [0.3, 0.4) is 0 Å². The molecule has 12 nitrogen and oxygen atoms in total. The van der Waals surface area contributed by atoms with Gasteiger partial charge in [0.25, 0.3) is 5.91 Å². The summed E-state index contributed by atoms with van der Waals surface area (Å²) in [5.41, 5.74) is 3.34. The first-order valence-corrected chi connectivity index (χ1v) is 12.1. The summed E-state index contributed by atoms with van der Waals surface area (Å²) in [5.74, 6) is 5.16. The number of nitrogen functional groups attached to an aromatic ring is 1. The Morgan fingerprint density at radius 2 is 2.00 bits per heavy atom. The number of anilines is 1. The van der Waals surface area contributed by atoms with E-state index in [-0.39, 0.29) is 40.1 Å². The highest BCUT2D eigenvalue weighted by atomic mass is 16.6. The van der Waals surface area contributed by atoms with Crippen LogP contribution in [0.15, 0.2) is 6.33 Å². The van der Waals surface area contributed by atoms with E-state index in [0.717, 1.165) is 6.42 Å². The number of aliphatic hydroxyl groups is 4. The fraction of sp³-hybridized carbons (Fsp3) is 0.667. The number of nitrogens with one attached hydrogen (secondary N) is 1. The lowest BCUT2D eigenvalue weighted by atomic mass is 9.41. The number of rotatable bonds is 3. The molecule has 3 heterocycles. The van der Waals surface area contributed by atoms with Crippen molar-refractivity contribution in [2.45, 2.75) is 76.3 Å². The maximum atomic E-state index is 12.2. The molecule has 0 spiro atoms. The largest absolute Gasteiger partial charge is 0.387 e. The number of nitrogens with two attached hydrogens (primary N) is 1. The molecule has 2 aromatic heterocycles. The summed E-state index contributed by atoms with van der Waals surface area (Å²) >= 11 is 0. The Bertz CT molecular complexity index is 1280. The minimum atomic E-state index is -1.64. The number of likely N-dealkylation sites (N-methyl/N-ethyl adjacent to an activating group) is 1. The van der Waals surface area contributed by atoms with Crippen LogP contribution in [-0.4, -0.2) is 81.9 Å². The molecule has 3 saturated carbocycles. The van der Waals surface area contributed by atoms with E-state index in [2.05, 4.69) is 46.0 Å². The second kappa shape index (κ2) is 8.09. The summed E-state index contributed by atoms with van der Waals surface area (Å²) in [6.07, 6.45) is -2.85. The molecule has 1 amide bonds. The Kier molecular flexibility index (Phi) is 5.59. The van der Waals surface area contributed by atoms with Gasteiger partial charge in [0.15, 0.2) is 29.4 Å². The highest BCUT2D eigenvalue weighted by molar-refractivity contribution is 5.83. The van der Waals surface area contributed by atoms with Gasteiger partial charge in [0.1, 0.15) is 23.3 Å². The first-order valence-electron chi connectivity index (χ1n) is 12.1. The van der Waals surface area contributed by atoms with Gasteiger partial charge in [0.05, 0.1) is 6.33 Å². The molecule has 7 N–H and O–H groups in total. The monoisotopic (exact) mass is 500 g/mol. The third-order valence-corrected chi connectivity index (χ3v) is 8.48. The number of ether oxygens (including phenoxy) is 1. The number of hydrogen-bond acceptors (Lipinski definition) is 10. The maximum absolute atomic E-state index is 12.2. The third-order valence-electron chi connectivity index (χ3n) is 8.48. The quantitative estimate of drug-likeness (QED) is 0.287. The van der Waals surface area contributed by atoms with Gasteiger partial charge in [-0.25, -0.2) is 15.0 Å². The van der Waals surface area contributed by atoms with E-state index in [1.54, 1.807) is 13.8 Å². The van der Waals surface area contributed by atoms with Crippen molar-refractivity contribution in [1.82, 2.24) is 24.8 Å². The van der Waals surface area contributed by atoms with Crippen LogP contribution >= 0.6 is 0 Å². The lowest BCUT2D eigenvalue weighted by molar-refractivity contribution is -0.271. The van der Waals surface area contributed by atoms with Gasteiger partial charge in [-0.1, -0.05) is 19.8 Å². The zero-order valence-corrected chi connectivity index (χ0v) is 20.6.